The molecule has 0 amide bonds. The molecule has 0 saturated heterocycles. The third-order valence-corrected chi connectivity index (χ3v) is 3.73. The second-order valence-corrected chi connectivity index (χ2v) is 4.88. The smallest absolute Gasteiger partial charge is 0.146 e. The Bertz CT molecular complexity index is 397. The maximum Gasteiger partial charge on any atom is 0.146 e. The van der Waals surface area contributed by atoms with E-state index in [1.54, 1.807) is 19.2 Å². The van der Waals surface area contributed by atoms with Gasteiger partial charge in [0.15, 0.2) is 0 Å². The molecule has 0 heterocycles. The lowest BCUT2D eigenvalue weighted by Gasteiger charge is -2.32. The average molecular weight is 252 g/mol. The van der Waals surface area contributed by atoms with E-state index >= 15 is 0 Å². The van der Waals surface area contributed by atoms with Gasteiger partial charge in [0.1, 0.15) is 11.6 Å². The summed E-state index contributed by atoms with van der Waals surface area (Å²) in [5.41, 5.74) is 6.30. The molecule has 18 heavy (non-hydrogen) atoms. The fourth-order valence-electron chi connectivity index (χ4n) is 2.62. The van der Waals surface area contributed by atoms with Gasteiger partial charge in [-0.3, -0.25) is 0 Å². The van der Waals surface area contributed by atoms with Crippen LogP contribution in [-0.2, 0) is 0 Å². The predicted octanol–water partition coefficient (Wildman–Crippen LogP) is 2.76. The molecule has 1 fully saturated rings. The van der Waals surface area contributed by atoms with Crippen molar-refractivity contribution in [2.75, 3.05) is 19.0 Å². The largest absolute Gasteiger partial charge is 0.497 e. The second kappa shape index (κ2) is 6.05. The zero-order valence-corrected chi connectivity index (χ0v) is 10.8. The molecular formula is C14H21FN2O. The Kier molecular flexibility index (Phi) is 4.42. The Balaban J connectivity index is 2.11. The first kappa shape index (κ1) is 13.1. The number of halogens is 1. The van der Waals surface area contributed by atoms with Crippen molar-refractivity contribution < 1.29 is 9.13 Å². The lowest BCUT2D eigenvalue weighted by molar-refractivity contribution is 0.331. The summed E-state index contributed by atoms with van der Waals surface area (Å²) in [6, 6.07) is 5.03. The SMILES string of the molecule is COc1ccc(F)c(NC2CCCCC2CN)c1. The number of methoxy groups -OCH3 is 1. The molecule has 1 aromatic rings. The normalized spacial score (nSPS) is 23.7. The van der Waals surface area contributed by atoms with Gasteiger partial charge >= 0.3 is 0 Å². The third-order valence-electron chi connectivity index (χ3n) is 3.73. The van der Waals surface area contributed by atoms with Gasteiger partial charge < -0.3 is 15.8 Å². The highest BCUT2D eigenvalue weighted by Crippen LogP contribution is 2.29. The number of anilines is 1. The van der Waals surface area contributed by atoms with Gasteiger partial charge in [-0.05, 0) is 37.4 Å². The van der Waals surface area contributed by atoms with Gasteiger partial charge in [0.2, 0.25) is 0 Å². The van der Waals surface area contributed by atoms with Crippen molar-refractivity contribution in [2.45, 2.75) is 31.7 Å². The predicted molar refractivity (Wildman–Crippen MR) is 71.4 cm³/mol. The summed E-state index contributed by atoms with van der Waals surface area (Å²) in [7, 11) is 1.58. The molecule has 2 unspecified atom stereocenters. The summed E-state index contributed by atoms with van der Waals surface area (Å²) in [6.07, 6.45) is 4.58. The Morgan fingerprint density at radius 2 is 2.17 bits per heavy atom. The highest BCUT2D eigenvalue weighted by Gasteiger charge is 2.24. The molecule has 0 bridgehead atoms. The summed E-state index contributed by atoms with van der Waals surface area (Å²) >= 11 is 0. The molecule has 4 heteroatoms. The van der Waals surface area contributed by atoms with E-state index in [1.165, 1.54) is 18.9 Å². The van der Waals surface area contributed by atoms with Gasteiger partial charge in [0, 0.05) is 12.1 Å². The maximum atomic E-state index is 13.7. The number of rotatable bonds is 4. The standard InChI is InChI=1S/C14H21FN2O/c1-18-11-6-7-12(15)14(8-11)17-13-5-3-2-4-10(13)9-16/h6-8,10,13,17H,2-5,9,16H2,1H3. The van der Waals surface area contributed by atoms with Crippen molar-refractivity contribution >= 4 is 5.69 Å². The van der Waals surface area contributed by atoms with E-state index in [1.807, 2.05) is 0 Å². The molecule has 1 aliphatic rings. The molecule has 100 valence electrons. The van der Waals surface area contributed by atoms with Crippen LogP contribution < -0.4 is 15.8 Å². The molecule has 3 N–H and O–H groups in total. The van der Waals surface area contributed by atoms with Crippen LogP contribution in [0.25, 0.3) is 0 Å². The van der Waals surface area contributed by atoms with E-state index in [9.17, 15) is 4.39 Å². The monoisotopic (exact) mass is 252 g/mol. The van der Waals surface area contributed by atoms with Gasteiger partial charge in [-0.1, -0.05) is 12.8 Å². The van der Waals surface area contributed by atoms with Crippen molar-refractivity contribution in [1.29, 1.82) is 0 Å². The molecular weight excluding hydrogens is 231 g/mol. The molecule has 1 aromatic carbocycles. The Morgan fingerprint density at radius 1 is 1.39 bits per heavy atom. The van der Waals surface area contributed by atoms with Crippen LogP contribution in [0.2, 0.25) is 0 Å². The number of ether oxygens (including phenoxy) is 1. The number of nitrogens with one attached hydrogen (secondary N) is 1. The fourth-order valence-corrected chi connectivity index (χ4v) is 2.62. The summed E-state index contributed by atoms with van der Waals surface area (Å²) < 4.78 is 18.9. The molecule has 1 saturated carbocycles. The van der Waals surface area contributed by atoms with Gasteiger partial charge in [-0.15, -0.1) is 0 Å². The first-order valence-corrected chi connectivity index (χ1v) is 6.54. The number of hydrogen-bond donors (Lipinski definition) is 2. The number of nitrogens with two attached hydrogens (primary N) is 1. The van der Waals surface area contributed by atoms with Crippen molar-refractivity contribution in [3.8, 4) is 5.75 Å². The van der Waals surface area contributed by atoms with Crippen LogP contribution in [0.3, 0.4) is 0 Å². The van der Waals surface area contributed by atoms with Crippen molar-refractivity contribution in [3.05, 3.63) is 24.0 Å². The molecule has 2 atom stereocenters. The highest BCUT2D eigenvalue weighted by molar-refractivity contribution is 5.50. The fraction of sp³-hybridized carbons (Fsp3) is 0.571. The Morgan fingerprint density at radius 3 is 2.89 bits per heavy atom. The van der Waals surface area contributed by atoms with E-state index in [0.717, 1.165) is 12.8 Å². The van der Waals surface area contributed by atoms with E-state index in [2.05, 4.69) is 5.32 Å². The average Bonchev–Trinajstić information content (AvgIpc) is 2.42. The van der Waals surface area contributed by atoms with E-state index in [0.29, 0.717) is 23.9 Å². The summed E-state index contributed by atoms with van der Waals surface area (Å²) in [5, 5.41) is 3.29. The minimum Gasteiger partial charge on any atom is -0.497 e. The van der Waals surface area contributed by atoms with Crippen LogP contribution >= 0.6 is 0 Å². The van der Waals surface area contributed by atoms with E-state index in [4.69, 9.17) is 10.5 Å². The number of benzene rings is 1. The topological polar surface area (TPSA) is 47.3 Å². The number of hydrogen-bond acceptors (Lipinski definition) is 3. The van der Waals surface area contributed by atoms with Crippen molar-refractivity contribution in [3.63, 3.8) is 0 Å². The molecule has 3 nitrogen and oxygen atoms in total. The second-order valence-electron chi connectivity index (χ2n) is 4.88. The van der Waals surface area contributed by atoms with Gasteiger partial charge in [-0.2, -0.15) is 0 Å². The van der Waals surface area contributed by atoms with Crippen LogP contribution in [0, 0.1) is 11.7 Å². The summed E-state index contributed by atoms with van der Waals surface area (Å²) in [5.74, 6) is 0.862. The summed E-state index contributed by atoms with van der Waals surface area (Å²) in [6.45, 7) is 0.656. The quantitative estimate of drug-likeness (QED) is 0.866. The first-order valence-electron chi connectivity index (χ1n) is 6.54. The summed E-state index contributed by atoms with van der Waals surface area (Å²) in [4.78, 5) is 0. The lowest BCUT2D eigenvalue weighted by atomic mass is 9.84. The van der Waals surface area contributed by atoms with Gasteiger partial charge in [-0.25, -0.2) is 4.39 Å². The van der Waals surface area contributed by atoms with Crippen LogP contribution in [0.4, 0.5) is 10.1 Å². The molecule has 0 aliphatic heterocycles. The highest BCUT2D eigenvalue weighted by atomic mass is 19.1. The Labute approximate surface area is 108 Å². The third kappa shape index (κ3) is 2.93. The molecule has 0 aromatic heterocycles. The van der Waals surface area contributed by atoms with Crippen molar-refractivity contribution in [1.82, 2.24) is 0 Å². The molecule has 0 spiro atoms. The minimum atomic E-state index is -0.239. The lowest BCUT2D eigenvalue weighted by Crippen LogP contribution is -2.36. The first-order chi connectivity index (χ1) is 8.74. The van der Waals surface area contributed by atoms with Crippen LogP contribution in [-0.4, -0.2) is 19.7 Å². The van der Waals surface area contributed by atoms with Crippen LogP contribution in [0.1, 0.15) is 25.7 Å². The van der Waals surface area contributed by atoms with E-state index in [-0.39, 0.29) is 11.9 Å². The Hall–Kier alpha value is -1.29. The maximum absolute atomic E-state index is 13.7. The zero-order chi connectivity index (χ0) is 13.0. The van der Waals surface area contributed by atoms with E-state index < -0.39 is 0 Å². The molecule has 0 radical (unpaired) electrons. The minimum absolute atomic E-state index is 0.239. The van der Waals surface area contributed by atoms with Crippen LogP contribution in [0.15, 0.2) is 18.2 Å². The van der Waals surface area contributed by atoms with Crippen LogP contribution in [0.5, 0.6) is 5.75 Å². The van der Waals surface area contributed by atoms with Crippen molar-refractivity contribution in [2.24, 2.45) is 11.7 Å². The zero-order valence-electron chi connectivity index (χ0n) is 10.8. The van der Waals surface area contributed by atoms with Gasteiger partial charge in [0.25, 0.3) is 0 Å². The van der Waals surface area contributed by atoms with Gasteiger partial charge in [0.05, 0.1) is 12.8 Å². The molecule has 1 aliphatic carbocycles. The molecule has 2 rings (SSSR count).